The molecule has 2 aromatic carbocycles. The van der Waals surface area contributed by atoms with Crippen LogP contribution in [0.25, 0.3) is 11.2 Å². The van der Waals surface area contributed by atoms with Crippen LogP contribution in [0.5, 0.6) is 0 Å². The summed E-state index contributed by atoms with van der Waals surface area (Å²) in [5.41, 5.74) is 3.37. The van der Waals surface area contributed by atoms with Crippen molar-refractivity contribution in [3.8, 4) is 11.8 Å². The summed E-state index contributed by atoms with van der Waals surface area (Å²) in [6, 6.07) is 10.3. The van der Waals surface area contributed by atoms with Crippen LogP contribution in [-0.4, -0.2) is 64.0 Å². The highest BCUT2D eigenvalue weighted by Gasteiger charge is 2.34. The number of fused-ring (bicyclic) bond motifs is 1. The third-order valence-corrected chi connectivity index (χ3v) is 6.74. The second-order valence-corrected chi connectivity index (χ2v) is 9.77. The highest BCUT2D eigenvalue weighted by Crippen LogP contribution is 2.34. The molecule has 8 nitrogen and oxygen atoms in total. The number of amides is 2. The number of nitrogens with one attached hydrogen (secondary N) is 3. The summed E-state index contributed by atoms with van der Waals surface area (Å²) in [5, 5.41) is 5.19. The molecule has 1 aliphatic rings. The van der Waals surface area contributed by atoms with Gasteiger partial charge in [-0.1, -0.05) is 18.1 Å². The molecule has 0 spiro atoms. The number of urea groups is 1. The summed E-state index contributed by atoms with van der Waals surface area (Å²) in [7, 11) is 2.00. The Morgan fingerprint density at radius 3 is 2.50 bits per heavy atom. The zero-order valence-corrected chi connectivity index (χ0v) is 22.1. The standard InChI is InChI=1S/C29H28F3N7O/c1-19-3-6-22(15-20(19)4-8-24-17-34-27-26(35-24)9-10-33-27)36-28(40)37-23-7-5-21(25(16-23)29(30,31)32)18-39-13-11-38(2)12-14-39/h3,5-7,9-10,15-17H,11-14,18H2,1-2H3,(H,33,34)(H2,36,37,40). The first kappa shape index (κ1) is 27.2. The average molecular weight is 548 g/mol. The van der Waals surface area contributed by atoms with Gasteiger partial charge in [0.15, 0.2) is 5.65 Å². The number of likely N-dealkylation sites (N-methyl/N-ethyl adjacent to an activating group) is 1. The molecule has 2 amide bonds. The molecular weight excluding hydrogens is 519 g/mol. The van der Waals surface area contributed by atoms with Crippen molar-refractivity contribution < 1.29 is 18.0 Å². The van der Waals surface area contributed by atoms with E-state index < -0.39 is 17.8 Å². The van der Waals surface area contributed by atoms with Gasteiger partial charge >= 0.3 is 12.2 Å². The number of nitrogens with zero attached hydrogens (tertiary/aromatic N) is 4. The number of aryl methyl sites for hydroxylation is 1. The molecule has 0 aliphatic carbocycles. The lowest BCUT2D eigenvalue weighted by Gasteiger charge is -2.33. The van der Waals surface area contributed by atoms with Crippen LogP contribution >= 0.6 is 0 Å². The fourth-order valence-corrected chi connectivity index (χ4v) is 4.45. The predicted octanol–water partition coefficient (Wildman–Crippen LogP) is 5.08. The summed E-state index contributed by atoms with van der Waals surface area (Å²) >= 11 is 0. The molecule has 40 heavy (non-hydrogen) atoms. The number of aromatic nitrogens is 3. The smallest absolute Gasteiger partial charge is 0.345 e. The van der Waals surface area contributed by atoms with E-state index in [1.165, 1.54) is 12.1 Å². The number of aromatic amines is 1. The minimum atomic E-state index is -4.55. The molecule has 1 fully saturated rings. The van der Waals surface area contributed by atoms with Gasteiger partial charge in [-0.3, -0.25) is 4.90 Å². The number of carbonyl (C=O) groups excluding carboxylic acids is 1. The second kappa shape index (κ2) is 11.4. The number of carbonyl (C=O) groups is 1. The van der Waals surface area contributed by atoms with Crippen LogP contribution in [-0.2, 0) is 12.7 Å². The monoisotopic (exact) mass is 547 g/mol. The van der Waals surface area contributed by atoms with Crippen LogP contribution < -0.4 is 10.6 Å². The number of halogens is 3. The Hall–Kier alpha value is -4.40. The van der Waals surface area contributed by atoms with E-state index in [2.05, 4.69) is 42.3 Å². The largest absolute Gasteiger partial charge is 0.416 e. The van der Waals surface area contributed by atoms with Gasteiger partial charge in [0.05, 0.1) is 11.8 Å². The van der Waals surface area contributed by atoms with Gasteiger partial charge in [0.2, 0.25) is 0 Å². The minimum absolute atomic E-state index is 0.0535. The van der Waals surface area contributed by atoms with Crippen LogP contribution in [0.2, 0.25) is 0 Å². The van der Waals surface area contributed by atoms with E-state index >= 15 is 0 Å². The lowest BCUT2D eigenvalue weighted by Crippen LogP contribution is -2.44. The molecule has 1 aliphatic heterocycles. The third-order valence-electron chi connectivity index (χ3n) is 6.74. The van der Waals surface area contributed by atoms with E-state index in [1.54, 1.807) is 36.7 Å². The Morgan fingerprint density at radius 1 is 1.02 bits per heavy atom. The van der Waals surface area contributed by atoms with Crippen LogP contribution in [0.15, 0.2) is 54.9 Å². The van der Waals surface area contributed by atoms with Crippen molar-refractivity contribution in [3.05, 3.63) is 82.8 Å². The fourth-order valence-electron chi connectivity index (χ4n) is 4.45. The van der Waals surface area contributed by atoms with Gasteiger partial charge in [0.1, 0.15) is 11.2 Å². The molecule has 0 radical (unpaired) electrons. The van der Waals surface area contributed by atoms with Crippen molar-refractivity contribution in [3.63, 3.8) is 0 Å². The summed E-state index contributed by atoms with van der Waals surface area (Å²) in [5.74, 6) is 6.03. The van der Waals surface area contributed by atoms with Gasteiger partial charge < -0.3 is 20.5 Å². The maximum Gasteiger partial charge on any atom is 0.416 e. The number of hydrogen-bond acceptors (Lipinski definition) is 5. The summed E-state index contributed by atoms with van der Waals surface area (Å²) in [6.07, 6.45) is -1.22. The third kappa shape index (κ3) is 6.59. The molecule has 3 N–H and O–H groups in total. The molecule has 0 saturated carbocycles. The normalized spacial score (nSPS) is 14.5. The number of hydrogen-bond donors (Lipinski definition) is 3. The van der Waals surface area contributed by atoms with E-state index in [0.29, 0.717) is 41.2 Å². The maximum absolute atomic E-state index is 13.9. The minimum Gasteiger partial charge on any atom is -0.345 e. The molecule has 206 valence electrons. The first-order valence-electron chi connectivity index (χ1n) is 12.8. The molecule has 5 rings (SSSR count). The summed E-state index contributed by atoms with van der Waals surface area (Å²) in [4.78, 5) is 28.5. The van der Waals surface area contributed by atoms with Crippen molar-refractivity contribution in [2.45, 2.75) is 19.6 Å². The Labute approximate surface area is 229 Å². The molecule has 0 atom stereocenters. The van der Waals surface area contributed by atoms with Gasteiger partial charge in [-0.15, -0.1) is 0 Å². The van der Waals surface area contributed by atoms with Gasteiger partial charge in [-0.2, -0.15) is 13.2 Å². The Bertz CT molecular complexity index is 1590. The number of alkyl halides is 3. The average Bonchev–Trinajstić information content (AvgIpc) is 3.38. The Morgan fingerprint density at radius 2 is 1.75 bits per heavy atom. The first-order valence-corrected chi connectivity index (χ1v) is 12.8. The van der Waals surface area contributed by atoms with Crippen LogP contribution in [0.3, 0.4) is 0 Å². The molecule has 11 heteroatoms. The molecule has 0 unspecified atom stereocenters. The van der Waals surface area contributed by atoms with E-state index in [1.807, 2.05) is 18.9 Å². The van der Waals surface area contributed by atoms with Crippen molar-refractivity contribution in [2.24, 2.45) is 0 Å². The lowest BCUT2D eigenvalue weighted by atomic mass is 10.0. The van der Waals surface area contributed by atoms with Gasteiger partial charge in [-0.25, -0.2) is 14.8 Å². The van der Waals surface area contributed by atoms with Crippen molar-refractivity contribution >= 4 is 28.6 Å². The van der Waals surface area contributed by atoms with E-state index in [4.69, 9.17) is 0 Å². The predicted molar refractivity (Wildman–Crippen MR) is 148 cm³/mol. The zero-order chi connectivity index (χ0) is 28.3. The van der Waals surface area contributed by atoms with Crippen molar-refractivity contribution in [1.82, 2.24) is 24.8 Å². The van der Waals surface area contributed by atoms with E-state index in [9.17, 15) is 18.0 Å². The summed E-state index contributed by atoms with van der Waals surface area (Å²) in [6.45, 7) is 5.11. The Kier molecular flexibility index (Phi) is 7.73. The Balaban J connectivity index is 1.27. The SMILES string of the molecule is Cc1ccc(NC(=O)Nc2ccc(CN3CCN(C)CC3)c(C(F)(F)F)c2)cc1C#Cc1cnc2[nH]ccc2n1. The van der Waals surface area contributed by atoms with Crippen molar-refractivity contribution in [1.29, 1.82) is 0 Å². The highest BCUT2D eigenvalue weighted by atomic mass is 19.4. The number of piperazine rings is 1. The fraction of sp³-hybridized carbons (Fsp3) is 0.276. The molecule has 1 saturated heterocycles. The second-order valence-electron chi connectivity index (χ2n) is 9.77. The van der Waals surface area contributed by atoms with E-state index in [0.717, 1.165) is 24.7 Å². The van der Waals surface area contributed by atoms with Crippen molar-refractivity contribution in [2.75, 3.05) is 43.9 Å². The van der Waals surface area contributed by atoms with E-state index in [-0.39, 0.29) is 17.8 Å². The zero-order valence-electron chi connectivity index (χ0n) is 22.1. The van der Waals surface area contributed by atoms with Gasteiger partial charge in [-0.05, 0) is 61.4 Å². The molecular formula is C29H28F3N7O. The van der Waals surface area contributed by atoms with Gasteiger partial charge in [0, 0.05) is 55.9 Å². The first-order chi connectivity index (χ1) is 19.1. The quantitative estimate of drug-likeness (QED) is 0.310. The number of anilines is 2. The molecule has 2 aromatic heterocycles. The molecule has 3 heterocycles. The maximum atomic E-state index is 13.9. The highest BCUT2D eigenvalue weighted by molar-refractivity contribution is 6.00. The number of rotatable bonds is 4. The number of H-pyrrole nitrogens is 1. The molecule has 0 bridgehead atoms. The lowest BCUT2D eigenvalue weighted by molar-refractivity contribution is -0.138. The van der Waals surface area contributed by atoms with Gasteiger partial charge in [0.25, 0.3) is 0 Å². The summed E-state index contributed by atoms with van der Waals surface area (Å²) < 4.78 is 41.7. The molecule has 4 aromatic rings. The van der Waals surface area contributed by atoms with Crippen LogP contribution in [0.4, 0.5) is 29.3 Å². The number of benzene rings is 2. The van der Waals surface area contributed by atoms with Crippen LogP contribution in [0.1, 0.15) is 27.9 Å². The van der Waals surface area contributed by atoms with Crippen LogP contribution in [0, 0.1) is 18.8 Å². The topological polar surface area (TPSA) is 89.2 Å².